The molecule has 3 aromatic carbocycles. The first-order valence-corrected chi connectivity index (χ1v) is 14.6. The van der Waals surface area contributed by atoms with Crippen LogP contribution in [0.25, 0.3) is 11.1 Å². The number of aliphatic carboxylic acids is 1. The van der Waals surface area contributed by atoms with Crippen molar-refractivity contribution in [3.8, 4) is 11.1 Å². The van der Waals surface area contributed by atoms with Crippen LogP contribution in [0.15, 0.2) is 82.4 Å². The molecule has 7 nitrogen and oxygen atoms in total. The molecule has 0 aliphatic rings. The largest absolute Gasteiger partial charge is 0.481 e. The molecule has 4 rings (SSSR count). The molecule has 45 heavy (non-hydrogen) atoms. The van der Waals surface area contributed by atoms with Crippen LogP contribution in [0, 0.1) is 12.7 Å². The fraction of sp³-hybridized carbons (Fsp3) is 0.324. The number of nitrogens with zero attached hydrogens (tertiary/aromatic N) is 2. The molecular weight excluding hydrogens is 590 g/mol. The topological polar surface area (TPSA) is 93.3 Å². The van der Waals surface area contributed by atoms with E-state index in [2.05, 4.69) is 5.32 Å². The van der Waals surface area contributed by atoms with Gasteiger partial charge in [-0.25, -0.2) is 9.18 Å². The Hall–Kier alpha value is -4.51. The zero-order valence-corrected chi connectivity index (χ0v) is 25.2. The molecule has 2 N–H and O–H groups in total. The maximum absolute atomic E-state index is 15.0. The van der Waals surface area contributed by atoms with Crippen molar-refractivity contribution in [1.29, 1.82) is 0 Å². The molecule has 1 atom stereocenters. The van der Waals surface area contributed by atoms with Crippen molar-refractivity contribution in [2.24, 2.45) is 0 Å². The molecule has 238 valence electrons. The van der Waals surface area contributed by atoms with Gasteiger partial charge in [0.1, 0.15) is 5.82 Å². The van der Waals surface area contributed by atoms with E-state index in [1.165, 1.54) is 6.92 Å². The highest BCUT2D eigenvalue weighted by Gasteiger charge is 2.35. The van der Waals surface area contributed by atoms with Gasteiger partial charge < -0.3 is 10.4 Å². The molecule has 0 saturated heterocycles. The van der Waals surface area contributed by atoms with Crippen LogP contribution in [-0.4, -0.2) is 26.8 Å². The Balaban J connectivity index is 1.93. The van der Waals surface area contributed by atoms with Gasteiger partial charge in [-0.2, -0.15) is 13.2 Å². The lowest BCUT2D eigenvalue weighted by Gasteiger charge is -2.23. The third kappa shape index (κ3) is 7.78. The van der Waals surface area contributed by atoms with E-state index < -0.39 is 52.9 Å². The number of carbonyl (C=O) groups is 1. The third-order valence-electron chi connectivity index (χ3n) is 7.80. The minimum absolute atomic E-state index is 0.0910. The minimum Gasteiger partial charge on any atom is -0.481 e. The number of aromatic nitrogens is 2. The second-order valence-corrected chi connectivity index (χ2v) is 11.2. The quantitative estimate of drug-likeness (QED) is 0.138. The molecule has 11 heteroatoms. The standard InChI is InChI=1S/C34H35F4N3O4/c1-21(2)24-12-7-13-25(18-24)31-22(3)40(19-26-27(34(36,37)38)14-8-15-28(26)35)33(45)41(32(31)44)20-29(23-10-5-4-6-11-23)39-17-9-16-30(42)43/h4-8,10-15,18,21,29,39H,9,16-17,19-20H2,1-3H3,(H,42,43)/t29-/m0/s1. The second kappa shape index (κ2) is 14.1. The molecule has 0 spiro atoms. The summed E-state index contributed by atoms with van der Waals surface area (Å²) >= 11 is 0. The number of carboxylic acids is 1. The van der Waals surface area contributed by atoms with E-state index in [1.807, 2.05) is 19.9 Å². The smallest absolute Gasteiger partial charge is 0.416 e. The Morgan fingerprint density at radius 1 is 0.933 bits per heavy atom. The number of nitrogens with one attached hydrogen (secondary N) is 1. The summed E-state index contributed by atoms with van der Waals surface area (Å²) in [6.45, 7) is 4.71. The summed E-state index contributed by atoms with van der Waals surface area (Å²) in [5.74, 6) is -1.99. The average Bonchev–Trinajstić information content (AvgIpc) is 2.99. The summed E-state index contributed by atoms with van der Waals surface area (Å²) in [4.78, 5) is 39.3. The highest BCUT2D eigenvalue weighted by Crippen LogP contribution is 2.34. The zero-order valence-electron chi connectivity index (χ0n) is 25.2. The third-order valence-corrected chi connectivity index (χ3v) is 7.80. The van der Waals surface area contributed by atoms with Gasteiger partial charge in [-0.3, -0.25) is 18.7 Å². The summed E-state index contributed by atoms with van der Waals surface area (Å²) in [6, 6.07) is 18.1. The predicted molar refractivity (Wildman–Crippen MR) is 164 cm³/mol. The molecule has 1 aromatic heterocycles. The Labute approximate surface area is 257 Å². The monoisotopic (exact) mass is 625 g/mol. The van der Waals surface area contributed by atoms with Crippen LogP contribution in [0.5, 0.6) is 0 Å². The van der Waals surface area contributed by atoms with Crippen LogP contribution in [0.4, 0.5) is 17.6 Å². The summed E-state index contributed by atoms with van der Waals surface area (Å²) in [5, 5.41) is 12.3. The molecule has 0 amide bonds. The Kier molecular flexibility index (Phi) is 10.4. The fourth-order valence-corrected chi connectivity index (χ4v) is 5.35. The molecule has 0 unspecified atom stereocenters. The lowest BCUT2D eigenvalue weighted by Crippen LogP contribution is -2.45. The van der Waals surface area contributed by atoms with Gasteiger partial charge in [-0.15, -0.1) is 0 Å². The highest BCUT2D eigenvalue weighted by molar-refractivity contribution is 5.67. The van der Waals surface area contributed by atoms with Crippen molar-refractivity contribution in [2.75, 3.05) is 6.54 Å². The number of alkyl halides is 3. The van der Waals surface area contributed by atoms with Crippen LogP contribution in [0.1, 0.15) is 66.6 Å². The van der Waals surface area contributed by atoms with Crippen molar-refractivity contribution in [2.45, 2.75) is 64.8 Å². The van der Waals surface area contributed by atoms with E-state index in [9.17, 15) is 27.6 Å². The molecule has 0 saturated carbocycles. The highest BCUT2D eigenvalue weighted by atomic mass is 19.4. The van der Waals surface area contributed by atoms with Gasteiger partial charge in [0.05, 0.1) is 30.3 Å². The summed E-state index contributed by atoms with van der Waals surface area (Å²) < 4.78 is 58.8. The summed E-state index contributed by atoms with van der Waals surface area (Å²) in [7, 11) is 0. The first-order chi connectivity index (χ1) is 21.3. The predicted octanol–water partition coefficient (Wildman–Crippen LogP) is 6.51. The summed E-state index contributed by atoms with van der Waals surface area (Å²) in [6.07, 6.45) is -4.69. The molecule has 0 bridgehead atoms. The van der Waals surface area contributed by atoms with E-state index in [4.69, 9.17) is 5.11 Å². The van der Waals surface area contributed by atoms with Gasteiger partial charge in [0.15, 0.2) is 0 Å². The first-order valence-electron chi connectivity index (χ1n) is 14.6. The van der Waals surface area contributed by atoms with Crippen molar-refractivity contribution < 1.29 is 27.5 Å². The van der Waals surface area contributed by atoms with E-state index in [1.54, 1.807) is 48.5 Å². The fourth-order valence-electron chi connectivity index (χ4n) is 5.35. The SMILES string of the molecule is Cc1c(-c2cccc(C(C)C)c2)c(=O)n(C[C@H](NCCCC(=O)O)c2ccccc2)c(=O)n1Cc1c(F)cccc1C(F)(F)F. The molecule has 0 radical (unpaired) electrons. The number of carboxylic acid groups (broad SMARTS) is 1. The maximum Gasteiger partial charge on any atom is 0.416 e. The Morgan fingerprint density at radius 3 is 2.24 bits per heavy atom. The van der Waals surface area contributed by atoms with E-state index in [0.29, 0.717) is 11.1 Å². The molecule has 0 aliphatic carbocycles. The summed E-state index contributed by atoms with van der Waals surface area (Å²) in [5.41, 5.74) is -1.16. The van der Waals surface area contributed by atoms with Crippen LogP contribution < -0.4 is 16.6 Å². The lowest BCUT2D eigenvalue weighted by molar-refractivity contribution is -0.138. The second-order valence-electron chi connectivity index (χ2n) is 11.2. The minimum atomic E-state index is -4.88. The number of benzene rings is 3. The van der Waals surface area contributed by atoms with E-state index >= 15 is 4.39 Å². The van der Waals surface area contributed by atoms with Crippen LogP contribution in [0.3, 0.4) is 0 Å². The maximum atomic E-state index is 15.0. The number of hydrogen-bond donors (Lipinski definition) is 2. The van der Waals surface area contributed by atoms with Crippen molar-refractivity contribution in [1.82, 2.24) is 14.5 Å². The van der Waals surface area contributed by atoms with Gasteiger partial charge in [0.2, 0.25) is 0 Å². The Morgan fingerprint density at radius 2 is 1.60 bits per heavy atom. The van der Waals surface area contributed by atoms with Gasteiger partial charge in [-0.05, 0) is 54.6 Å². The van der Waals surface area contributed by atoms with Gasteiger partial charge in [0, 0.05) is 17.7 Å². The Bertz CT molecular complexity index is 1780. The van der Waals surface area contributed by atoms with Gasteiger partial charge in [-0.1, -0.05) is 74.5 Å². The number of hydrogen-bond acceptors (Lipinski definition) is 4. The molecule has 0 fully saturated rings. The van der Waals surface area contributed by atoms with Crippen LogP contribution in [0.2, 0.25) is 0 Å². The molecule has 0 aliphatic heterocycles. The molecule has 1 heterocycles. The normalized spacial score (nSPS) is 12.4. The molecule has 4 aromatic rings. The van der Waals surface area contributed by atoms with E-state index in [-0.39, 0.29) is 43.1 Å². The van der Waals surface area contributed by atoms with Gasteiger partial charge in [0.25, 0.3) is 5.56 Å². The number of rotatable bonds is 12. The first kappa shape index (κ1) is 33.4. The van der Waals surface area contributed by atoms with Crippen molar-refractivity contribution in [3.05, 3.63) is 127 Å². The van der Waals surface area contributed by atoms with Gasteiger partial charge >= 0.3 is 17.8 Å². The van der Waals surface area contributed by atoms with Crippen molar-refractivity contribution >= 4 is 5.97 Å². The van der Waals surface area contributed by atoms with Crippen molar-refractivity contribution in [3.63, 3.8) is 0 Å². The van der Waals surface area contributed by atoms with E-state index in [0.717, 1.165) is 32.9 Å². The lowest BCUT2D eigenvalue weighted by atomic mass is 9.97. The molecular formula is C34H35F4N3O4. The van der Waals surface area contributed by atoms with Crippen LogP contribution in [-0.2, 0) is 24.1 Å². The number of halogens is 4. The zero-order chi connectivity index (χ0) is 32.9. The average molecular weight is 626 g/mol. The van der Waals surface area contributed by atoms with Crippen LogP contribution >= 0.6 is 0 Å².